The average molecular weight is 337 g/mol. The van der Waals surface area contributed by atoms with Crippen molar-refractivity contribution in [2.75, 3.05) is 0 Å². The highest BCUT2D eigenvalue weighted by Crippen LogP contribution is 2.20. The zero-order valence-electron chi connectivity index (χ0n) is 13.6. The summed E-state index contributed by atoms with van der Waals surface area (Å²) in [6, 6.07) is 14.4. The van der Waals surface area contributed by atoms with Crippen molar-refractivity contribution in [3.8, 4) is 0 Å². The second kappa shape index (κ2) is 6.63. The van der Waals surface area contributed by atoms with E-state index in [1.807, 2.05) is 47.9 Å². The Morgan fingerprint density at radius 2 is 2.04 bits per heavy atom. The molecule has 4 rings (SSSR count). The monoisotopic (exact) mass is 337 g/mol. The van der Waals surface area contributed by atoms with Crippen LogP contribution in [0.4, 0.5) is 0 Å². The SMILES string of the molecule is Cc1ccc(CN(Cc2cn3ccccc3n2)Cc2ccco2)s1. The summed E-state index contributed by atoms with van der Waals surface area (Å²) in [7, 11) is 0. The molecule has 0 spiro atoms. The summed E-state index contributed by atoms with van der Waals surface area (Å²) in [4.78, 5) is 9.80. The van der Waals surface area contributed by atoms with E-state index >= 15 is 0 Å². The maximum absolute atomic E-state index is 5.54. The van der Waals surface area contributed by atoms with Gasteiger partial charge in [-0.05, 0) is 43.3 Å². The second-order valence-corrected chi connectivity index (χ2v) is 7.31. The molecular weight excluding hydrogens is 318 g/mol. The van der Waals surface area contributed by atoms with Gasteiger partial charge in [-0.3, -0.25) is 4.90 Å². The predicted octanol–water partition coefficient (Wildman–Crippen LogP) is 4.50. The molecule has 0 bridgehead atoms. The Kier molecular flexibility index (Phi) is 4.19. The van der Waals surface area contributed by atoms with Gasteiger partial charge >= 0.3 is 0 Å². The third-order valence-corrected chi connectivity index (χ3v) is 4.92. The van der Waals surface area contributed by atoms with Crippen molar-refractivity contribution in [3.63, 3.8) is 0 Å². The number of aromatic nitrogens is 2. The normalized spacial score (nSPS) is 11.6. The molecule has 0 aromatic carbocycles. The van der Waals surface area contributed by atoms with Gasteiger partial charge in [0.15, 0.2) is 0 Å². The van der Waals surface area contributed by atoms with E-state index in [0.717, 1.165) is 36.7 Å². The lowest BCUT2D eigenvalue weighted by atomic mass is 10.3. The Labute approximate surface area is 145 Å². The van der Waals surface area contributed by atoms with Crippen LogP contribution in [0.1, 0.15) is 21.2 Å². The van der Waals surface area contributed by atoms with Gasteiger partial charge in [0.1, 0.15) is 11.4 Å². The fraction of sp³-hybridized carbons (Fsp3) is 0.211. The third kappa shape index (κ3) is 3.42. The molecule has 4 heterocycles. The first-order valence-electron chi connectivity index (χ1n) is 7.99. The largest absolute Gasteiger partial charge is 0.468 e. The van der Waals surface area contributed by atoms with Crippen molar-refractivity contribution in [1.82, 2.24) is 14.3 Å². The number of fused-ring (bicyclic) bond motifs is 1. The number of aryl methyl sites for hydroxylation is 1. The summed E-state index contributed by atoms with van der Waals surface area (Å²) < 4.78 is 7.60. The zero-order valence-corrected chi connectivity index (χ0v) is 14.4. The highest BCUT2D eigenvalue weighted by atomic mass is 32.1. The summed E-state index contributed by atoms with van der Waals surface area (Å²) in [6.45, 7) is 4.61. The third-order valence-electron chi connectivity index (χ3n) is 3.93. The molecule has 4 aromatic rings. The quantitative estimate of drug-likeness (QED) is 0.519. The molecule has 5 heteroatoms. The molecule has 0 unspecified atom stereocenters. The first kappa shape index (κ1) is 15.2. The van der Waals surface area contributed by atoms with Crippen LogP contribution in [0.3, 0.4) is 0 Å². The summed E-state index contributed by atoms with van der Waals surface area (Å²) in [5.41, 5.74) is 2.05. The van der Waals surface area contributed by atoms with Crippen LogP contribution in [0.2, 0.25) is 0 Å². The van der Waals surface area contributed by atoms with Crippen molar-refractivity contribution in [2.45, 2.75) is 26.6 Å². The molecule has 122 valence electrons. The van der Waals surface area contributed by atoms with Crippen LogP contribution in [0.15, 0.2) is 65.5 Å². The summed E-state index contributed by atoms with van der Waals surface area (Å²) in [5.74, 6) is 0.979. The molecule has 0 saturated heterocycles. The Bertz CT molecular complexity index is 890. The van der Waals surface area contributed by atoms with E-state index in [9.17, 15) is 0 Å². The zero-order chi connectivity index (χ0) is 16.4. The maximum atomic E-state index is 5.54. The molecule has 0 N–H and O–H groups in total. The van der Waals surface area contributed by atoms with Crippen LogP contribution < -0.4 is 0 Å². The van der Waals surface area contributed by atoms with Gasteiger partial charge in [0, 0.05) is 35.2 Å². The van der Waals surface area contributed by atoms with Crippen molar-refractivity contribution in [1.29, 1.82) is 0 Å². The van der Waals surface area contributed by atoms with Gasteiger partial charge < -0.3 is 8.82 Å². The fourth-order valence-corrected chi connectivity index (χ4v) is 3.81. The lowest BCUT2D eigenvalue weighted by molar-refractivity contribution is 0.226. The minimum atomic E-state index is 0.776. The standard InChI is InChI=1S/C19H19N3OS/c1-15-7-8-18(24-15)14-21(13-17-5-4-10-23-17)11-16-12-22-9-3-2-6-19(22)20-16/h2-10,12H,11,13-14H2,1H3. The average Bonchev–Trinajstić information content (AvgIpc) is 3.28. The molecule has 0 radical (unpaired) electrons. The lowest BCUT2D eigenvalue weighted by Gasteiger charge is -2.19. The van der Waals surface area contributed by atoms with Gasteiger partial charge in [-0.1, -0.05) is 6.07 Å². The molecule has 0 amide bonds. The molecule has 0 saturated carbocycles. The summed E-state index contributed by atoms with van der Waals surface area (Å²) >= 11 is 1.85. The molecular formula is C19H19N3OS. The number of hydrogen-bond donors (Lipinski definition) is 0. The Hall–Kier alpha value is -2.37. The molecule has 0 fully saturated rings. The van der Waals surface area contributed by atoms with Crippen LogP contribution in [0.5, 0.6) is 0 Å². The van der Waals surface area contributed by atoms with Gasteiger partial charge in [0.2, 0.25) is 0 Å². The van der Waals surface area contributed by atoms with Gasteiger partial charge in [0.25, 0.3) is 0 Å². The minimum absolute atomic E-state index is 0.776. The second-order valence-electron chi connectivity index (χ2n) is 5.94. The van der Waals surface area contributed by atoms with Crippen LogP contribution in [-0.2, 0) is 19.6 Å². The number of furan rings is 1. The Morgan fingerprint density at radius 3 is 2.79 bits per heavy atom. The van der Waals surface area contributed by atoms with Crippen molar-refractivity contribution in [3.05, 3.63) is 82.3 Å². The van der Waals surface area contributed by atoms with Crippen LogP contribution >= 0.6 is 11.3 Å². The van der Waals surface area contributed by atoms with E-state index in [-0.39, 0.29) is 0 Å². The molecule has 0 atom stereocenters. The molecule has 0 aliphatic rings. The van der Waals surface area contributed by atoms with Crippen molar-refractivity contribution >= 4 is 17.0 Å². The molecule has 4 aromatic heterocycles. The number of pyridine rings is 1. The summed E-state index contributed by atoms with van der Waals surface area (Å²) in [6.07, 6.45) is 5.86. The Morgan fingerprint density at radius 1 is 1.08 bits per heavy atom. The van der Waals surface area contributed by atoms with Gasteiger partial charge in [-0.15, -0.1) is 11.3 Å². The highest BCUT2D eigenvalue weighted by molar-refractivity contribution is 7.11. The number of rotatable bonds is 6. The minimum Gasteiger partial charge on any atom is -0.468 e. The van der Waals surface area contributed by atoms with Gasteiger partial charge in [0.05, 0.1) is 18.5 Å². The van der Waals surface area contributed by atoms with E-state index in [4.69, 9.17) is 9.40 Å². The highest BCUT2D eigenvalue weighted by Gasteiger charge is 2.13. The first-order chi connectivity index (χ1) is 11.8. The van der Waals surface area contributed by atoms with Crippen molar-refractivity contribution < 1.29 is 4.42 Å². The van der Waals surface area contributed by atoms with E-state index in [1.54, 1.807) is 6.26 Å². The van der Waals surface area contributed by atoms with E-state index in [2.05, 4.69) is 34.6 Å². The molecule has 0 aliphatic carbocycles. The van der Waals surface area contributed by atoms with Crippen LogP contribution in [0.25, 0.3) is 5.65 Å². The molecule has 24 heavy (non-hydrogen) atoms. The topological polar surface area (TPSA) is 33.7 Å². The first-order valence-corrected chi connectivity index (χ1v) is 8.80. The lowest BCUT2D eigenvalue weighted by Crippen LogP contribution is -2.21. The van der Waals surface area contributed by atoms with Gasteiger partial charge in [-0.2, -0.15) is 0 Å². The fourth-order valence-electron chi connectivity index (χ4n) is 2.87. The van der Waals surface area contributed by atoms with E-state index in [1.165, 1.54) is 9.75 Å². The Balaban J connectivity index is 1.56. The predicted molar refractivity (Wildman–Crippen MR) is 95.9 cm³/mol. The number of thiophene rings is 1. The van der Waals surface area contributed by atoms with Crippen LogP contribution in [0, 0.1) is 6.92 Å². The van der Waals surface area contributed by atoms with E-state index in [0.29, 0.717) is 0 Å². The number of nitrogens with zero attached hydrogens (tertiary/aromatic N) is 3. The smallest absolute Gasteiger partial charge is 0.137 e. The molecule has 4 nitrogen and oxygen atoms in total. The number of hydrogen-bond acceptors (Lipinski definition) is 4. The van der Waals surface area contributed by atoms with Crippen LogP contribution in [-0.4, -0.2) is 14.3 Å². The summed E-state index contributed by atoms with van der Waals surface area (Å²) in [5, 5.41) is 0. The maximum Gasteiger partial charge on any atom is 0.137 e. The van der Waals surface area contributed by atoms with Gasteiger partial charge in [-0.25, -0.2) is 4.98 Å². The van der Waals surface area contributed by atoms with Crippen molar-refractivity contribution in [2.24, 2.45) is 0 Å². The number of imidazole rings is 1. The van der Waals surface area contributed by atoms with E-state index < -0.39 is 0 Å². The molecule has 0 aliphatic heterocycles.